The molecular weight excluding hydrogens is 211 g/mol. The van der Waals surface area contributed by atoms with Gasteiger partial charge in [-0.3, -0.25) is 0 Å². The van der Waals surface area contributed by atoms with Crippen molar-refractivity contribution in [2.75, 3.05) is 11.5 Å². The third-order valence-electron chi connectivity index (χ3n) is 1.34. The lowest BCUT2D eigenvalue weighted by Gasteiger charge is -2.15. The van der Waals surface area contributed by atoms with Crippen molar-refractivity contribution in [2.24, 2.45) is 0 Å². The quantitative estimate of drug-likeness (QED) is 0.727. The summed E-state index contributed by atoms with van der Waals surface area (Å²) in [5.74, 6) is 1.73. The van der Waals surface area contributed by atoms with Crippen molar-refractivity contribution in [3.63, 3.8) is 0 Å². The van der Waals surface area contributed by atoms with Crippen LogP contribution in [0.2, 0.25) is 0 Å². The summed E-state index contributed by atoms with van der Waals surface area (Å²) in [6, 6.07) is 0. The maximum atomic E-state index is 9.70. The number of allylic oxidation sites excluding steroid dienone is 1. The van der Waals surface area contributed by atoms with E-state index >= 15 is 0 Å². The summed E-state index contributed by atoms with van der Waals surface area (Å²) in [6.07, 6.45) is 1.83. The minimum Gasteiger partial charge on any atom is -0.341 e. The van der Waals surface area contributed by atoms with Crippen LogP contribution in [0.3, 0.4) is 0 Å². The highest BCUT2D eigenvalue weighted by Gasteiger charge is 2.12. The Kier molecular flexibility index (Phi) is 6.69. The second-order valence-corrected chi connectivity index (χ2v) is 11.6. The zero-order chi connectivity index (χ0) is 9.61. The van der Waals surface area contributed by atoms with Gasteiger partial charge in [0.2, 0.25) is 5.69 Å². The van der Waals surface area contributed by atoms with E-state index in [1.165, 1.54) is 11.4 Å². The summed E-state index contributed by atoms with van der Waals surface area (Å²) in [6.45, 7) is 5.89. The summed E-state index contributed by atoms with van der Waals surface area (Å²) >= 11 is 1.19. The molecule has 0 aromatic heterocycles. The Bertz CT molecular complexity index is 201. The van der Waals surface area contributed by atoms with Crippen LogP contribution in [0.1, 0.15) is 20.8 Å². The molecule has 0 aliphatic carbocycles. The third kappa shape index (κ3) is 4.15. The number of rotatable bonds is 4. The van der Waals surface area contributed by atoms with E-state index < -0.39 is 5.69 Å². The smallest absolute Gasteiger partial charge is 0.206 e. The van der Waals surface area contributed by atoms with E-state index in [9.17, 15) is 9.79 Å². The van der Waals surface area contributed by atoms with Crippen molar-refractivity contribution in [3.05, 3.63) is 11.5 Å². The van der Waals surface area contributed by atoms with Crippen LogP contribution in [0.4, 0.5) is 0 Å². The van der Waals surface area contributed by atoms with Gasteiger partial charge in [0.25, 0.3) is 0 Å². The maximum Gasteiger partial charge on any atom is 0.206 e. The Labute approximate surface area is 80.9 Å². The monoisotopic (exact) mass is 228 g/mol. The molecule has 0 heterocycles. The van der Waals surface area contributed by atoms with E-state index in [1.807, 2.05) is 26.8 Å². The standard InChI is InChI=1S/C7H17O2PS2/c1-4-7-11-10(8,9)12(5-2)6-3/h4,7-9H,5-6H2,1-3H3. The highest BCUT2D eigenvalue weighted by atomic mass is 32.9. The number of hydrogen-bond donors (Lipinski definition) is 2. The largest absolute Gasteiger partial charge is 0.341 e. The van der Waals surface area contributed by atoms with Crippen LogP contribution < -0.4 is 0 Å². The van der Waals surface area contributed by atoms with Crippen LogP contribution in [-0.4, -0.2) is 21.3 Å². The minimum atomic E-state index is -2.71. The molecule has 0 aliphatic heterocycles. The first-order chi connectivity index (χ1) is 5.58. The SMILES string of the molecule is CC=CSP(O)(O)=S(CC)CC. The van der Waals surface area contributed by atoms with E-state index in [1.54, 1.807) is 5.41 Å². The molecule has 0 saturated carbocycles. The van der Waals surface area contributed by atoms with Crippen LogP contribution in [0, 0.1) is 0 Å². The first kappa shape index (κ1) is 12.8. The molecule has 5 heteroatoms. The fourth-order valence-electron chi connectivity index (χ4n) is 0.741. The van der Waals surface area contributed by atoms with Crippen molar-refractivity contribution < 1.29 is 9.79 Å². The Hall–Kier alpha value is 0.790. The van der Waals surface area contributed by atoms with Crippen LogP contribution >= 0.6 is 17.1 Å². The first-order valence-electron chi connectivity index (χ1n) is 3.90. The Morgan fingerprint density at radius 2 is 1.83 bits per heavy atom. The summed E-state index contributed by atoms with van der Waals surface area (Å²) in [5.41, 5.74) is -2.71. The fourth-order valence-corrected chi connectivity index (χ4v) is 8.89. The second-order valence-electron chi connectivity index (χ2n) is 2.11. The average molecular weight is 228 g/mol. The molecule has 0 rings (SSSR count). The molecule has 0 saturated heterocycles. The number of hydrogen-bond acceptors (Lipinski definition) is 1. The Morgan fingerprint density at radius 3 is 2.17 bits per heavy atom. The van der Waals surface area contributed by atoms with Crippen molar-refractivity contribution in [2.45, 2.75) is 20.8 Å². The summed E-state index contributed by atoms with van der Waals surface area (Å²) in [7, 11) is -0.216. The van der Waals surface area contributed by atoms with Gasteiger partial charge in [-0.25, -0.2) is 0 Å². The second kappa shape index (κ2) is 6.28. The molecule has 0 fully saturated rings. The van der Waals surface area contributed by atoms with Crippen molar-refractivity contribution in [1.82, 2.24) is 0 Å². The van der Waals surface area contributed by atoms with Crippen LogP contribution in [0.25, 0.3) is 0 Å². The zero-order valence-corrected chi connectivity index (χ0v) is 10.3. The van der Waals surface area contributed by atoms with Gasteiger partial charge in [0.15, 0.2) is 0 Å². The van der Waals surface area contributed by atoms with Crippen molar-refractivity contribution in [3.8, 4) is 0 Å². The molecule has 2 nitrogen and oxygen atoms in total. The topological polar surface area (TPSA) is 40.5 Å². The van der Waals surface area contributed by atoms with E-state index in [2.05, 4.69) is 0 Å². The summed E-state index contributed by atoms with van der Waals surface area (Å²) < 4.78 is 0. The van der Waals surface area contributed by atoms with Crippen LogP contribution in [0.15, 0.2) is 11.5 Å². The maximum absolute atomic E-state index is 9.70. The molecule has 0 bridgehead atoms. The molecule has 0 aromatic carbocycles. The van der Waals surface area contributed by atoms with Gasteiger partial charge < -0.3 is 9.79 Å². The Morgan fingerprint density at radius 1 is 1.33 bits per heavy atom. The van der Waals surface area contributed by atoms with Crippen molar-refractivity contribution in [1.29, 1.82) is 0 Å². The predicted molar refractivity (Wildman–Crippen MR) is 62.2 cm³/mol. The molecule has 0 amide bonds. The van der Waals surface area contributed by atoms with Crippen molar-refractivity contribution >= 4 is 27.1 Å². The molecular formula is C7H17O2PS2. The zero-order valence-electron chi connectivity index (χ0n) is 7.73. The van der Waals surface area contributed by atoms with Crippen LogP contribution in [0.5, 0.6) is 0 Å². The third-order valence-corrected chi connectivity index (χ3v) is 11.4. The highest BCUT2D eigenvalue weighted by molar-refractivity contribution is 8.73. The van der Waals surface area contributed by atoms with Gasteiger partial charge in [-0.2, -0.15) is 0 Å². The van der Waals surface area contributed by atoms with Gasteiger partial charge in [-0.1, -0.05) is 19.9 Å². The van der Waals surface area contributed by atoms with Gasteiger partial charge >= 0.3 is 0 Å². The predicted octanol–water partition coefficient (Wildman–Crippen LogP) is 2.57. The molecule has 0 unspecified atom stereocenters. The van der Waals surface area contributed by atoms with Crippen LogP contribution in [-0.2, 0) is 10.1 Å². The Balaban J connectivity index is 4.61. The molecule has 74 valence electrons. The normalized spacial score (nSPS) is 13.2. The van der Waals surface area contributed by atoms with Gasteiger partial charge in [-0.05, 0) is 35.2 Å². The van der Waals surface area contributed by atoms with Gasteiger partial charge in [0, 0.05) is 0 Å². The molecule has 0 aliphatic rings. The minimum absolute atomic E-state index is 0.216. The summed E-state index contributed by atoms with van der Waals surface area (Å²) in [4.78, 5) is 19.4. The fraction of sp³-hybridized carbons (Fsp3) is 0.714. The lowest BCUT2D eigenvalue weighted by atomic mass is 10.8. The van der Waals surface area contributed by atoms with E-state index in [0.717, 1.165) is 11.5 Å². The van der Waals surface area contributed by atoms with Gasteiger partial charge in [0.05, 0.1) is 0 Å². The van der Waals surface area contributed by atoms with Gasteiger partial charge in [0.1, 0.15) is 0 Å². The molecule has 0 radical (unpaired) electrons. The van der Waals surface area contributed by atoms with Gasteiger partial charge in [-0.15, -0.1) is 10.1 Å². The molecule has 2 N–H and O–H groups in total. The molecule has 0 atom stereocenters. The average Bonchev–Trinajstić information content (AvgIpc) is 2.03. The molecule has 0 aromatic rings. The van der Waals surface area contributed by atoms with E-state index in [-0.39, 0.29) is 10.1 Å². The first-order valence-corrected chi connectivity index (χ1v) is 9.25. The van der Waals surface area contributed by atoms with E-state index in [0.29, 0.717) is 0 Å². The molecule has 0 spiro atoms. The lowest BCUT2D eigenvalue weighted by Crippen LogP contribution is -1.97. The van der Waals surface area contributed by atoms with E-state index in [4.69, 9.17) is 0 Å². The molecule has 12 heavy (non-hydrogen) atoms. The lowest BCUT2D eigenvalue weighted by molar-refractivity contribution is 0.501. The summed E-state index contributed by atoms with van der Waals surface area (Å²) in [5, 5.41) is 1.76. The highest BCUT2D eigenvalue weighted by Crippen LogP contribution is 2.56.